The number of carboxylic acid groups (broad SMARTS) is 1. The van der Waals surface area contributed by atoms with E-state index in [0.29, 0.717) is 30.9 Å². The Morgan fingerprint density at radius 3 is 2.62 bits per heavy atom. The quantitative estimate of drug-likeness (QED) is 0.0765. The summed E-state index contributed by atoms with van der Waals surface area (Å²) in [6, 6.07) is 4.69. The summed E-state index contributed by atoms with van der Waals surface area (Å²) in [5, 5.41) is 33.5. The SMILES string of the molecule is [B]C(O)O.[B]C([B])(O)S(=O)c1c(Oc2ccc(F)c(-c3ncc(C4CCOC(C)=C4/C=C\C=C\CCC(=O)O)[nH]3)c2)c(F)c(F)c2[nH]ccc12. The lowest BCUT2D eigenvalue weighted by molar-refractivity contribution is -0.136. The molecule has 0 fully saturated rings. The molecule has 0 amide bonds. The smallest absolute Gasteiger partial charge is 0.303 e. The lowest BCUT2D eigenvalue weighted by Gasteiger charge is -2.25. The van der Waals surface area contributed by atoms with Crippen molar-refractivity contribution < 1.29 is 52.1 Å². The summed E-state index contributed by atoms with van der Waals surface area (Å²) >= 11 is 0. The number of carbonyl (C=O) groups is 1. The third-order valence-electron chi connectivity index (χ3n) is 7.23. The molecule has 6 N–H and O–H groups in total. The van der Waals surface area contributed by atoms with Crippen molar-refractivity contribution in [2.45, 2.75) is 47.9 Å². The highest BCUT2D eigenvalue weighted by Gasteiger charge is 2.32. The number of fused-ring (bicyclic) bond motifs is 1. The van der Waals surface area contributed by atoms with Crippen molar-refractivity contribution in [1.29, 1.82) is 0 Å². The zero-order valence-corrected chi connectivity index (χ0v) is 27.2. The highest BCUT2D eigenvalue weighted by Crippen LogP contribution is 2.41. The Hall–Kier alpha value is -4.51. The van der Waals surface area contributed by atoms with Crippen molar-refractivity contribution in [2.24, 2.45) is 0 Å². The van der Waals surface area contributed by atoms with Crippen LogP contribution in [0.3, 0.4) is 0 Å². The van der Waals surface area contributed by atoms with E-state index in [1.807, 2.05) is 13.0 Å². The van der Waals surface area contributed by atoms with Crippen LogP contribution in [0.4, 0.5) is 13.2 Å². The third-order valence-corrected chi connectivity index (χ3v) is 8.60. The lowest BCUT2D eigenvalue weighted by atomic mass is 9.81. The minimum absolute atomic E-state index is 0.0247. The lowest BCUT2D eigenvalue weighted by Crippen LogP contribution is -2.35. The number of carboxylic acids is 1. The summed E-state index contributed by atoms with van der Waals surface area (Å²) in [7, 11) is 12.4. The van der Waals surface area contributed by atoms with Gasteiger partial charge in [-0.2, -0.15) is 4.39 Å². The minimum atomic E-state index is -2.83. The summed E-state index contributed by atoms with van der Waals surface area (Å²) in [6.45, 7) is 2.26. The number of benzene rings is 2. The van der Waals surface area contributed by atoms with Gasteiger partial charge >= 0.3 is 5.97 Å². The van der Waals surface area contributed by atoms with Gasteiger partial charge in [0.15, 0.2) is 11.6 Å². The molecule has 1 aliphatic heterocycles. The monoisotopic (exact) mass is 705 g/mol. The first-order valence-corrected chi connectivity index (χ1v) is 16.0. The van der Waals surface area contributed by atoms with Crippen LogP contribution in [0.15, 0.2) is 77.2 Å². The molecule has 5 rings (SSSR count). The predicted octanol–water partition coefficient (Wildman–Crippen LogP) is 3.99. The van der Waals surface area contributed by atoms with E-state index in [2.05, 4.69) is 22.8 Å². The normalized spacial score (nSPS) is 15.8. The molecule has 0 saturated heterocycles. The van der Waals surface area contributed by atoms with Crippen LogP contribution in [0.1, 0.15) is 37.8 Å². The number of hydrogen-bond acceptors (Lipinski definition) is 8. The van der Waals surface area contributed by atoms with Gasteiger partial charge in [0.05, 0.1) is 43.9 Å². The molecule has 2 aromatic heterocycles. The Morgan fingerprint density at radius 2 is 1.94 bits per heavy atom. The first kappa shape index (κ1) is 38.3. The van der Waals surface area contributed by atoms with Crippen LogP contribution < -0.4 is 4.74 Å². The second-order valence-electron chi connectivity index (χ2n) is 10.8. The molecule has 256 valence electrons. The zero-order chi connectivity index (χ0) is 36.7. The summed E-state index contributed by atoms with van der Waals surface area (Å²) in [6.07, 6.45) is 9.29. The van der Waals surface area contributed by atoms with Gasteiger partial charge in [-0.3, -0.25) is 9.00 Å². The Kier molecular flexibility index (Phi) is 12.6. The maximum atomic E-state index is 15.3. The second-order valence-corrected chi connectivity index (χ2v) is 12.4. The number of aliphatic hydroxyl groups excluding tert-OH is 1. The molecule has 0 saturated carbocycles. The number of halogens is 3. The van der Waals surface area contributed by atoms with Crippen LogP contribution in [-0.2, 0) is 20.3 Å². The fourth-order valence-corrected chi connectivity index (χ4v) is 6.03. The fraction of sp³-hybridized carbons (Fsp3) is 0.250. The molecule has 0 bridgehead atoms. The summed E-state index contributed by atoms with van der Waals surface area (Å²) < 4.78 is 66.9. The molecule has 3 heterocycles. The number of imidazole rings is 1. The van der Waals surface area contributed by atoms with Crippen LogP contribution in [0.2, 0.25) is 0 Å². The Balaban J connectivity index is 0.00000133. The van der Waals surface area contributed by atoms with E-state index in [1.54, 1.807) is 24.4 Å². The number of nitrogens with zero attached hydrogens (tertiary/aromatic N) is 1. The van der Waals surface area contributed by atoms with Gasteiger partial charge in [-0.05, 0) is 49.6 Å². The van der Waals surface area contributed by atoms with Crippen molar-refractivity contribution in [3.8, 4) is 22.9 Å². The van der Waals surface area contributed by atoms with Crippen LogP contribution in [0.5, 0.6) is 11.5 Å². The van der Waals surface area contributed by atoms with Crippen molar-refractivity contribution in [1.82, 2.24) is 15.0 Å². The molecule has 50 heavy (non-hydrogen) atoms. The minimum Gasteiger partial charge on any atom is -0.498 e. The maximum Gasteiger partial charge on any atom is 0.303 e. The number of nitrogens with one attached hydrogen (secondary N) is 2. The van der Waals surface area contributed by atoms with Gasteiger partial charge in [-0.1, -0.05) is 24.3 Å². The van der Waals surface area contributed by atoms with E-state index >= 15 is 8.78 Å². The number of allylic oxidation sites excluding steroid dienone is 6. The van der Waals surface area contributed by atoms with E-state index < -0.39 is 55.8 Å². The van der Waals surface area contributed by atoms with Crippen LogP contribution in [0.25, 0.3) is 22.3 Å². The van der Waals surface area contributed by atoms with Crippen molar-refractivity contribution in [2.75, 3.05) is 6.61 Å². The van der Waals surface area contributed by atoms with E-state index in [0.717, 1.165) is 17.7 Å². The molecule has 2 unspecified atom stereocenters. The average molecular weight is 705 g/mol. The van der Waals surface area contributed by atoms with E-state index in [1.165, 1.54) is 18.3 Å². The zero-order valence-electron chi connectivity index (χ0n) is 26.4. The van der Waals surface area contributed by atoms with Crippen molar-refractivity contribution in [3.63, 3.8) is 0 Å². The van der Waals surface area contributed by atoms with Gasteiger partial charge in [0.25, 0.3) is 0 Å². The largest absolute Gasteiger partial charge is 0.498 e. The molecule has 0 aliphatic carbocycles. The number of aromatic amines is 2. The number of rotatable bonds is 11. The van der Waals surface area contributed by atoms with Crippen LogP contribution in [0, 0.1) is 17.5 Å². The van der Waals surface area contributed by atoms with Crippen molar-refractivity contribution in [3.05, 3.63) is 95.4 Å². The topological polar surface area (TPSA) is 178 Å². The van der Waals surface area contributed by atoms with Gasteiger partial charge in [0.2, 0.25) is 5.82 Å². The van der Waals surface area contributed by atoms with Crippen LogP contribution >= 0.6 is 0 Å². The summed E-state index contributed by atoms with van der Waals surface area (Å²) in [4.78, 5) is 20.2. The fourth-order valence-electron chi connectivity index (χ4n) is 5.04. The maximum absolute atomic E-state index is 15.3. The van der Waals surface area contributed by atoms with E-state index in [4.69, 9.17) is 40.5 Å². The third kappa shape index (κ3) is 9.18. The highest BCUT2D eigenvalue weighted by atomic mass is 32.2. The number of aliphatic hydroxyl groups is 3. The Labute approximate surface area is 290 Å². The number of aliphatic carboxylic acids is 1. The Morgan fingerprint density at radius 1 is 1.22 bits per heavy atom. The molecule has 11 nitrogen and oxygen atoms in total. The number of hydrogen-bond donors (Lipinski definition) is 6. The molecule has 2 aromatic carbocycles. The van der Waals surface area contributed by atoms with Gasteiger partial charge in [-0.15, -0.1) is 0 Å². The average Bonchev–Trinajstić information content (AvgIpc) is 3.73. The predicted molar refractivity (Wildman–Crippen MR) is 180 cm³/mol. The van der Waals surface area contributed by atoms with Gasteiger partial charge in [0, 0.05) is 35.8 Å². The van der Waals surface area contributed by atoms with Gasteiger partial charge < -0.3 is 39.9 Å². The summed E-state index contributed by atoms with van der Waals surface area (Å²) in [5.74, 6) is -4.86. The van der Waals surface area contributed by atoms with Gasteiger partial charge in [0.1, 0.15) is 47.1 Å². The summed E-state index contributed by atoms with van der Waals surface area (Å²) in [5.41, 5.74) is 1.10. The molecular weight excluding hydrogens is 676 g/mol. The molecule has 18 heteroatoms. The standard InChI is InChI=1S/C31H26B2F3N3O6S.CH3BO2/c1-16-18(6-4-2-3-5-7-24(40)41)19(11-13-44-16)23-15-38-30(39-23)21-14-17(8-9-22(21)34)45-28-26(36)25(35)27-20(10-12-37-27)29(28)46(43)31(32,33)42;2-1(3)4/h2-4,6,8-10,12,14-15,19,37,42H,5,7,11,13H2,1H3,(H,38,39)(H,40,41);1,3-4H/b3-2+,6-4-;. The van der Waals surface area contributed by atoms with E-state index in [-0.39, 0.29) is 40.4 Å². The molecular formula is C32H29B3F3N3O8S. The van der Waals surface area contributed by atoms with Crippen LogP contribution in [-0.4, -0.2) is 86.6 Å². The number of aromatic nitrogens is 3. The Bertz CT molecular complexity index is 1970. The highest BCUT2D eigenvalue weighted by molar-refractivity contribution is 7.89. The number of H-pyrrole nitrogens is 2. The van der Waals surface area contributed by atoms with Gasteiger partial charge in [-0.25, -0.2) is 13.8 Å². The molecule has 4 aromatic rings. The number of ether oxygens (including phenoxy) is 2. The van der Waals surface area contributed by atoms with Crippen molar-refractivity contribution >= 4 is 51.2 Å². The molecule has 0 spiro atoms. The molecule has 6 radical (unpaired) electrons. The second kappa shape index (κ2) is 16.5. The first-order valence-electron chi connectivity index (χ1n) is 14.8. The first-order chi connectivity index (χ1) is 23.6. The molecule has 2 atom stereocenters. The van der Waals surface area contributed by atoms with E-state index in [9.17, 15) is 18.5 Å². The molecule has 1 aliphatic rings.